The summed E-state index contributed by atoms with van der Waals surface area (Å²) in [5.74, 6) is 0.962. The van der Waals surface area contributed by atoms with E-state index >= 15 is 0 Å². The lowest BCUT2D eigenvalue weighted by atomic mass is 9.78. The molecule has 1 atom stereocenters. The van der Waals surface area contributed by atoms with Crippen molar-refractivity contribution in [3.63, 3.8) is 0 Å². The zero-order chi connectivity index (χ0) is 19.1. The van der Waals surface area contributed by atoms with Crippen molar-refractivity contribution in [2.75, 3.05) is 13.1 Å². The number of aromatic hydroxyl groups is 1. The van der Waals surface area contributed by atoms with Crippen LogP contribution in [0, 0.1) is 0 Å². The monoisotopic (exact) mass is 372 g/mol. The summed E-state index contributed by atoms with van der Waals surface area (Å²) in [6.07, 6.45) is 2.44. The van der Waals surface area contributed by atoms with Gasteiger partial charge in [-0.2, -0.15) is 0 Å². The van der Waals surface area contributed by atoms with Crippen LogP contribution in [0.15, 0.2) is 17.5 Å². The zero-order valence-electron chi connectivity index (χ0n) is 16.9. The second-order valence-corrected chi connectivity index (χ2v) is 10.4. The minimum absolute atomic E-state index is 0.119. The lowest BCUT2D eigenvalue weighted by Gasteiger charge is -2.28. The molecule has 0 bridgehead atoms. The molecule has 0 radical (unpaired) electrons. The van der Waals surface area contributed by atoms with Crippen LogP contribution in [0.1, 0.15) is 76.4 Å². The summed E-state index contributed by atoms with van der Waals surface area (Å²) in [5, 5.41) is 17.8. The van der Waals surface area contributed by atoms with Crippen molar-refractivity contribution in [3.05, 3.63) is 33.6 Å². The van der Waals surface area contributed by atoms with E-state index < -0.39 is 0 Å². The summed E-state index contributed by atoms with van der Waals surface area (Å²) in [4.78, 5) is 4.98. The molecule has 0 amide bonds. The Balaban J connectivity index is 2.06. The summed E-state index contributed by atoms with van der Waals surface area (Å²) in [7, 11) is 0. The smallest absolute Gasteiger partial charge is 0.123 e. The Morgan fingerprint density at radius 2 is 1.69 bits per heavy atom. The first-order valence-electron chi connectivity index (χ1n) is 9.62. The van der Waals surface area contributed by atoms with Gasteiger partial charge in [0.2, 0.25) is 0 Å². The van der Waals surface area contributed by atoms with Gasteiger partial charge >= 0.3 is 0 Å². The Kier molecular flexibility index (Phi) is 5.19. The molecule has 2 heterocycles. The summed E-state index contributed by atoms with van der Waals surface area (Å²) in [6, 6.07) is 4.26. The third kappa shape index (κ3) is 3.96. The number of aromatic nitrogens is 1. The van der Waals surface area contributed by atoms with Crippen LogP contribution < -0.4 is 5.32 Å². The Morgan fingerprint density at radius 3 is 2.19 bits per heavy atom. The van der Waals surface area contributed by atoms with Gasteiger partial charge in [0.05, 0.1) is 10.7 Å². The molecule has 0 spiro atoms. The van der Waals surface area contributed by atoms with Crippen molar-refractivity contribution >= 4 is 11.3 Å². The summed E-state index contributed by atoms with van der Waals surface area (Å²) >= 11 is 1.77. The molecule has 1 saturated heterocycles. The van der Waals surface area contributed by atoms with Crippen LogP contribution in [0.5, 0.6) is 5.75 Å². The highest BCUT2D eigenvalue weighted by molar-refractivity contribution is 7.10. The van der Waals surface area contributed by atoms with Crippen molar-refractivity contribution < 1.29 is 5.11 Å². The van der Waals surface area contributed by atoms with E-state index in [1.165, 1.54) is 17.8 Å². The molecule has 2 N–H and O–H groups in total. The predicted molar refractivity (Wildman–Crippen MR) is 111 cm³/mol. The first-order valence-corrected chi connectivity index (χ1v) is 10.5. The topological polar surface area (TPSA) is 45.2 Å². The maximum atomic E-state index is 10.9. The quantitative estimate of drug-likeness (QED) is 0.723. The van der Waals surface area contributed by atoms with Gasteiger partial charge in [0.25, 0.3) is 0 Å². The molecule has 26 heavy (non-hydrogen) atoms. The lowest BCUT2D eigenvalue weighted by molar-refractivity contribution is 0.423. The van der Waals surface area contributed by atoms with E-state index in [-0.39, 0.29) is 10.8 Å². The standard InChI is InChI=1S/C22H32N2OS/c1-21(2,3)16-10-15(11-17(19(16)25)22(4,5)6)18-13-26-20(24-18)14-8-7-9-23-12-14/h10-11,13-14,23,25H,7-9,12H2,1-6H3. The van der Waals surface area contributed by atoms with Crippen molar-refractivity contribution in [1.82, 2.24) is 10.3 Å². The number of nitrogens with zero attached hydrogens (tertiary/aromatic N) is 1. The molecule has 1 aromatic carbocycles. The van der Waals surface area contributed by atoms with Crippen molar-refractivity contribution in [3.8, 4) is 17.0 Å². The van der Waals surface area contributed by atoms with Gasteiger partial charge in [0.15, 0.2) is 0 Å². The fourth-order valence-electron chi connectivity index (χ4n) is 3.60. The third-order valence-electron chi connectivity index (χ3n) is 5.19. The lowest BCUT2D eigenvalue weighted by Crippen LogP contribution is -2.28. The van der Waals surface area contributed by atoms with Gasteiger partial charge in [0.1, 0.15) is 5.75 Å². The fourth-order valence-corrected chi connectivity index (χ4v) is 4.56. The molecule has 3 rings (SSSR count). The van der Waals surface area contributed by atoms with E-state index in [0.717, 1.165) is 35.5 Å². The normalized spacial score (nSPS) is 18.9. The van der Waals surface area contributed by atoms with Crippen LogP contribution in [-0.2, 0) is 10.8 Å². The highest BCUT2D eigenvalue weighted by Gasteiger charge is 2.27. The maximum absolute atomic E-state index is 10.9. The van der Waals surface area contributed by atoms with Crippen LogP contribution in [-0.4, -0.2) is 23.2 Å². The Bertz CT molecular complexity index is 739. The third-order valence-corrected chi connectivity index (χ3v) is 6.20. The number of hydrogen-bond donors (Lipinski definition) is 2. The summed E-state index contributed by atoms with van der Waals surface area (Å²) in [5.41, 5.74) is 3.90. The zero-order valence-corrected chi connectivity index (χ0v) is 17.8. The van der Waals surface area contributed by atoms with E-state index in [1.54, 1.807) is 11.3 Å². The van der Waals surface area contributed by atoms with Crippen molar-refractivity contribution in [2.45, 2.75) is 71.1 Å². The van der Waals surface area contributed by atoms with Gasteiger partial charge in [-0.05, 0) is 42.3 Å². The molecule has 4 heteroatoms. The van der Waals surface area contributed by atoms with Crippen LogP contribution in [0.3, 0.4) is 0 Å². The average molecular weight is 373 g/mol. The predicted octanol–water partition coefficient (Wildman–Crippen LogP) is 5.58. The Hall–Kier alpha value is -1.39. The fraction of sp³-hybridized carbons (Fsp3) is 0.591. The molecular formula is C22H32N2OS. The number of rotatable bonds is 2. The van der Waals surface area contributed by atoms with E-state index in [4.69, 9.17) is 4.98 Å². The molecule has 1 aliphatic rings. The largest absolute Gasteiger partial charge is 0.507 e. The Morgan fingerprint density at radius 1 is 1.08 bits per heavy atom. The van der Waals surface area contributed by atoms with Gasteiger partial charge in [-0.3, -0.25) is 0 Å². The highest BCUT2D eigenvalue weighted by Crippen LogP contribution is 2.42. The van der Waals surface area contributed by atoms with E-state index in [9.17, 15) is 5.11 Å². The number of phenolic OH excluding ortho intramolecular Hbond substituents is 1. The maximum Gasteiger partial charge on any atom is 0.123 e. The molecule has 1 unspecified atom stereocenters. The first-order chi connectivity index (χ1) is 12.1. The minimum Gasteiger partial charge on any atom is -0.507 e. The van der Waals surface area contributed by atoms with Crippen LogP contribution in [0.25, 0.3) is 11.3 Å². The molecule has 142 valence electrons. The average Bonchev–Trinajstić information content (AvgIpc) is 3.03. The Labute approximate surface area is 161 Å². The summed E-state index contributed by atoms with van der Waals surface area (Å²) in [6.45, 7) is 15.1. The molecular weight excluding hydrogens is 340 g/mol. The number of hydrogen-bond acceptors (Lipinski definition) is 4. The molecule has 2 aromatic rings. The van der Waals surface area contributed by atoms with E-state index in [2.05, 4.69) is 64.4 Å². The van der Waals surface area contributed by atoms with Gasteiger partial charge < -0.3 is 10.4 Å². The second kappa shape index (κ2) is 6.97. The molecule has 1 aliphatic heterocycles. The van der Waals surface area contributed by atoms with Gasteiger partial charge in [0, 0.05) is 34.5 Å². The molecule has 3 nitrogen and oxygen atoms in total. The van der Waals surface area contributed by atoms with Crippen LogP contribution in [0.2, 0.25) is 0 Å². The van der Waals surface area contributed by atoms with Crippen molar-refractivity contribution in [1.29, 1.82) is 0 Å². The van der Waals surface area contributed by atoms with Crippen LogP contribution in [0.4, 0.5) is 0 Å². The van der Waals surface area contributed by atoms with Gasteiger partial charge in [-0.1, -0.05) is 41.5 Å². The SMILES string of the molecule is CC(C)(C)c1cc(-c2csc(C3CCCNC3)n2)cc(C(C)(C)C)c1O. The minimum atomic E-state index is -0.119. The number of phenols is 1. The van der Waals surface area contributed by atoms with Gasteiger partial charge in [-0.25, -0.2) is 4.98 Å². The van der Waals surface area contributed by atoms with E-state index in [0.29, 0.717) is 11.7 Å². The molecule has 1 aromatic heterocycles. The summed E-state index contributed by atoms with van der Waals surface area (Å²) < 4.78 is 0. The van der Waals surface area contributed by atoms with Gasteiger partial charge in [-0.15, -0.1) is 11.3 Å². The van der Waals surface area contributed by atoms with E-state index in [1.807, 2.05) is 0 Å². The van der Waals surface area contributed by atoms with Crippen LogP contribution >= 0.6 is 11.3 Å². The second-order valence-electron chi connectivity index (χ2n) is 9.53. The highest BCUT2D eigenvalue weighted by atomic mass is 32.1. The number of nitrogens with one attached hydrogen (secondary N) is 1. The number of thiazole rings is 1. The molecule has 1 fully saturated rings. The first kappa shape index (κ1) is 19.4. The molecule has 0 aliphatic carbocycles. The van der Waals surface area contributed by atoms with Crippen molar-refractivity contribution in [2.24, 2.45) is 0 Å². The number of benzene rings is 1. The molecule has 0 saturated carbocycles. The number of piperidine rings is 1.